The van der Waals surface area contributed by atoms with E-state index in [1.54, 1.807) is 18.3 Å². The molecule has 138 valence electrons. The van der Waals surface area contributed by atoms with Crippen LogP contribution in [0.15, 0.2) is 84.0 Å². The predicted molar refractivity (Wildman–Crippen MR) is 109 cm³/mol. The summed E-state index contributed by atoms with van der Waals surface area (Å²) in [5, 5.41) is 8.35. The fraction of sp³-hybridized carbons (Fsp3) is 0.0435. The number of nitrogens with one attached hydrogen (secondary N) is 1. The molecule has 0 saturated carbocycles. The van der Waals surface area contributed by atoms with Crippen molar-refractivity contribution in [2.75, 3.05) is 6.61 Å². The summed E-state index contributed by atoms with van der Waals surface area (Å²) < 4.78 is 18.7. The van der Waals surface area contributed by atoms with Crippen LogP contribution in [0.4, 0.5) is 4.39 Å². The van der Waals surface area contributed by atoms with Gasteiger partial charge in [-0.3, -0.25) is 4.79 Å². The largest absolute Gasteiger partial charge is 0.481 e. The van der Waals surface area contributed by atoms with Gasteiger partial charge in [0.1, 0.15) is 0 Å². The van der Waals surface area contributed by atoms with Crippen LogP contribution in [-0.4, -0.2) is 18.7 Å². The number of nitrogens with zero attached hydrogens (tertiary/aromatic N) is 1. The number of ether oxygens (including phenoxy) is 1. The van der Waals surface area contributed by atoms with E-state index in [1.165, 1.54) is 12.1 Å². The van der Waals surface area contributed by atoms with E-state index in [-0.39, 0.29) is 12.4 Å². The van der Waals surface area contributed by atoms with Gasteiger partial charge in [-0.1, -0.05) is 60.7 Å². The molecule has 0 bridgehead atoms. The molecule has 0 saturated heterocycles. The molecular weight excluding hydrogens is 355 g/mol. The second-order valence-corrected chi connectivity index (χ2v) is 6.24. The zero-order valence-corrected chi connectivity index (χ0v) is 14.9. The van der Waals surface area contributed by atoms with Gasteiger partial charge in [-0.05, 0) is 39.7 Å². The molecule has 4 aromatic rings. The highest BCUT2D eigenvalue weighted by Crippen LogP contribution is 2.27. The molecule has 0 aliphatic heterocycles. The fourth-order valence-electron chi connectivity index (χ4n) is 3.09. The molecule has 0 heterocycles. The number of para-hydroxylation sites is 1. The number of hydrazone groups is 1. The maximum Gasteiger partial charge on any atom is 0.277 e. The molecule has 28 heavy (non-hydrogen) atoms. The van der Waals surface area contributed by atoms with Crippen molar-refractivity contribution in [2.45, 2.75) is 0 Å². The second-order valence-electron chi connectivity index (χ2n) is 6.24. The van der Waals surface area contributed by atoms with E-state index < -0.39 is 11.7 Å². The number of hydrogen-bond donors (Lipinski definition) is 1. The van der Waals surface area contributed by atoms with Gasteiger partial charge in [-0.25, -0.2) is 9.82 Å². The molecule has 4 aromatic carbocycles. The Balaban J connectivity index is 1.53. The van der Waals surface area contributed by atoms with Crippen LogP contribution >= 0.6 is 0 Å². The van der Waals surface area contributed by atoms with E-state index in [4.69, 9.17) is 4.74 Å². The lowest BCUT2D eigenvalue weighted by atomic mass is 9.97. The number of carbonyl (C=O) groups is 1. The highest BCUT2D eigenvalue weighted by molar-refractivity contribution is 6.13. The van der Waals surface area contributed by atoms with Crippen molar-refractivity contribution in [1.82, 2.24) is 5.43 Å². The van der Waals surface area contributed by atoms with Gasteiger partial charge in [0, 0.05) is 5.56 Å². The standard InChI is InChI=1S/C23H17FN2O2/c24-21-11-5-6-12-22(21)28-15-23(27)26-25-14-20-18-9-3-1-7-16(18)13-17-8-2-4-10-19(17)20/h1-14H,15H2,(H,26,27). The summed E-state index contributed by atoms with van der Waals surface area (Å²) in [5.41, 5.74) is 3.35. The van der Waals surface area contributed by atoms with Crippen molar-refractivity contribution < 1.29 is 13.9 Å². The van der Waals surface area contributed by atoms with Crippen LogP contribution in [0.25, 0.3) is 21.5 Å². The molecule has 0 atom stereocenters. The van der Waals surface area contributed by atoms with E-state index in [1.807, 2.05) is 48.5 Å². The first-order valence-corrected chi connectivity index (χ1v) is 8.82. The minimum absolute atomic E-state index is 0.0293. The van der Waals surface area contributed by atoms with Crippen LogP contribution in [0.1, 0.15) is 5.56 Å². The maximum absolute atomic E-state index is 13.5. The topological polar surface area (TPSA) is 50.7 Å². The molecule has 0 fully saturated rings. The Kier molecular flexibility index (Phi) is 4.97. The van der Waals surface area contributed by atoms with E-state index >= 15 is 0 Å². The fourth-order valence-corrected chi connectivity index (χ4v) is 3.09. The number of fused-ring (bicyclic) bond motifs is 2. The molecule has 0 aliphatic carbocycles. The maximum atomic E-state index is 13.5. The van der Waals surface area contributed by atoms with E-state index in [9.17, 15) is 9.18 Å². The monoisotopic (exact) mass is 372 g/mol. The first-order chi connectivity index (χ1) is 13.7. The Morgan fingerprint density at radius 2 is 1.54 bits per heavy atom. The summed E-state index contributed by atoms with van der Waals surface area (Å²) in [5.74, 6) is -0.952. The van der Waals surface area contributed by atoms with Gasteiger partial charge < -0.3 is 4.74 Å². The van der Waals surface area contributed by atoms with Crippen LogP contribution < -0.4 is 10.2 Å². The van der Waals surface area contributed by atoms with Gasteiger partial charge in [-0.15, -0.1) is 0 Å². The van der Waals surface area contributed by atoms with Gasteiger partial charge in [0.2, 0.25) is 0 Å². The molecule has 4 rings (SSSR count). The molecule has 0 aliphatic rings. The molecule has 0 spiro atoms. The van der Waals surface area contributed by atoms with E-state index in [2.05, 4.69) is 16.6 Å². The van der Waals surface area contributed by atoms with Crippen molar-refractivity contribution in [1.29, 1.82) is 0 Å². The molecule has 1 N–H and O–H groups in total. The zero-order chi connectivity index (χ0) is 19.3. The van der Waals surface area contributed by atoms with Crippen LogP contribution in [0, 0.1) is 5.82 Å². The number of halogens is 1. The minimum Gasteiger partial charge on any atom is -0.481 e. The average Bonchev–Trinajstić information content (AvgIpc) is 2.72. The van der Waals surface area contributed by atoms with Gasteiger partial charge in [0.25, 0.3) is 5.91 Å². The lowest BCUT2D eigenvalue weighted by Crippen LogP contribution is -2.24. The molecular formula is C23H17FN2O2. The summed E-state index contributed by atoms with van der Waals surface area (Å²) in [4.78, 5) is 12.0. The Hall–Kier alpha value is -3.73. The molecule has 0 unspecified atom stereocenters. The van der Waals surface area contributed by atoms with Crippen molar-refractivity contribution in [3.63, 3.8) is 0 Å². The molecule has 5 heteroatoms. The molecule has 0 aromatic heterocycles. The first kappa shape index (κ1) is 17.7. The summed E-state index contributed by atoms with van der Waals surface area (Å²) in [7, 11) is 0. The van der Waals surface area contributed by atoms with Crippen LogP contribution in [0.2, 0.25) is 0 Å². The van der Waals surface area contributed by atoms with Crippen LogP contribution in [0.3, 0.4) is 0 Å². The van der Waals surface area contributed by atoms with Gasteiger partial charge >= 0.3 is 0 Å². The number of carbonyl (C=O) groups excluding carboxylic acids is 1. The summed E-state index contributed by atoms with van der Waals surface area (Å²) in [6.45, 7) is -0.325. The molecule has 0 radical (unpaired) electrons. The van der Waals surface area contributed by atoms with Crippen LogP contribution in [0.5, 0.6) is 5.75 Å². The average molecular weight is 372 g/mol. The lowest BCUT2D eigenvalue weighted by molar-refractivity contribution is -0.123. The number of amides is 1. The lowest BCUT2D eigenvalue weighted by Gasteiger charge is -2.08. The Labute approximate surface area is 161 Å². The van der Waals surface area contributed by atoms with Crippen molar-refractivity contribution in [3.8, 4) is 5.75 Å². The third-order valence-corrected chi connectivity index (χ3v) is 4.39. The number of hydrogen-bond acceptors (Lipinski definition) is 3. The third-order valence-electron chi connectivity index (χ3n) is 4.39. The highest BCUT2D eigenvalue weighted by Gasteiger charge is 2.07. The van der Waals surface area contributed by atoms with Crippen molar-refractivity contribution in [3.05, 3.63) is 90.2 Å². The summed E-state index contributed by atoms with van der Waals surface area (Å²) in [6, 6.07) is 24.1. The van der Waals surface area contributed by atoms with Crippen molar-refractivity contribution >= 4 is 33.7 Å². The third kappa shape index (κ3) is 3.69. The SMILES string of the molecule is O=C(COc1ccccc1F)NN=Cc1c2ccccc2cc2ccccc12. The quantitative estimate of drug-likeness (QED) is 0.315. The van der Waals surface area contributed by atoms with Gasteiger partial charge in [0.15, 0.2) is 18.2 Å². The Bertz CT molecular complexity index is 1130. The van der Waals surface area contributed by atoms with Crippen molar-refractivity contribution in [2.24, 2.45) is 5.10 Å². The molecule has 4 nitrogen and oxygen atoms in total. The number of rotatable bonds is 5. The van der Waals surface area contributed by atoms with E-state index in [0.717, 1.165) is 27.1 Å². The van der Waals surface area contributed by atoms with Crippen LogP contribution in [-0.2, 0) is 4.79 Å². The smallest absolute Gasteiger partial charge is 0.277 e. The van der Waals surface area contributed by atoms with Gasteiger partial charge in [0.05, 0.1) is 6.21 Å². The summed E-state index contributed by atoms with van der Waals surface area (Å²) in [6.07, 6.45) is 1.63. The normalized spacial score (nSPS) is 11.2. The second kappa shape index (κ2) is 7.88. The Morgan fingerprint density at radius 3 is 2.21 bits per heavy atom. The first-order valence-electron chi connectivity index (χ1n) is 8.82. The van der Waals surface area contributed by atoms with E-state index in [0.29, 0.717) is 0 Å². The zero-order valence-electron chi connectivity index (χ0n) is 14.9. The minimum atomic E-state index is -0.513. The predicted octanol–water partition coefficient (Wildman–Crippen LogP) is 4.66. The molecule has 1 amide bonds. The highest BCUT2D eigenvalue weighted by atomic mass is 19.1. The summed E-state index contributed by atoms with van der Waals surface area (Å²) >= 11 is 0. The van der Waals surface area contributed by atoms with Gasteiger partial charge in [-0.2, -0.15) is 5.10 Å². The number of benzene rings is 4. The Morgan fingerprint density at radius 1 is 0.929 bits per heavy atom.